The Kier molecular flexibility index (Phi) is 5.29. The van der Waals surface area contributed by atoms with Crippen molar-refractivity contribution in [3.8, 4) is 5.75 Å². The normalized spacial score (nSPS) is 24.1. The van der Waals surface area contributed by atoms with E-state index in [0.29, 0.717) is 12.5 Å². The van der Waals surface area contributed by atoms with Gasteiger partial charge in [-0.15, -0.1) is 0 Å². The minimum absolute atomic E-state index is 0.0279. The molecule has 6 heteroatoms. The molecule has 1 aromatic rings. The van der Waals surface area contributed by atoms with E-state index < -0.39 is 0 Å². The van der Waals surface area contributed by atoms with E-state index in [1.165, 1.54) is 25.7 Å². The highest BCUT2D eigenvalue weighted by molar-refractivity contribution is 5.80. The third kappa shape index (κ3) is 4.11. The van der Waals surface area contributed by atoms with E-state index in [9.17, 15) is 4.79 Å². The van der Waals surface area contributed by atoms with Crippen molar-refractivity contribution in [2.45, 2.75) is 51.2 Å². The van der Waals surface area contributed by atoms with Crippen LogP contribution in [0.25, 0.3) is 0 Å². The van der Waals surface area contributed by atoms with Crippen LogP contribution in [0, 0.1) is 5.92 Å². The fraction of sp³-hybridized carbons (Fsp3) is 0.700. The molecule has 6 nitrogen and oxygen atoms in total. The predicted octanol–water partition coefficient (Wildman–Crippen LogP) is 2.48. The average molecular weight is 359 g/mol. The maximum Gasteiger partial charge on any atom is 0.251 e. The first-order chi connectivity index (χ1) is 12.7. The number of likely N-dealkylation sites (tertiary alicyclic amines) is 1. The minimum atomic E-state index is -0.354. The number of nitrogens with zero attached hydrogens (tertiary/aromatic N) is 3. The maximum atomic E-state index is 12.6. The number of hydrogen-bond donors (Lipinski definition) is 0. The van der Waals surface area contributed by atoms with E-state index in [4.69, 9.17) is 9.47 Å². The third-order valence-corrected chi connectivity index (χ3v) is 5.53. The highest BCUT2D eigenvalue weighted by Gasteiger charge is 2.32. The third-order valence-electron chi connectivity index (χ3n) is 5.53. The van der Waals surface area contributed by atoms with Crippen LogP contribution in [-0.2, 0) is 9.53 Å². The zero-order chi connectivity index (χ0) is 17.9. The SMILES string of the molecule is C[C@@H](OCC1CC1)C(=O)N1CC[C@H](Oc2cccnc2N2CCCC2)C1. The van der Waals surface area contributed by atoms with E-state index >= 15 is 0 Å². The molecule has 3 heterocycles. The molecule has 0 radical (unpaired) electrons. The monoisotopic (exact) mass is 359 g/mol. The molecule has 0 spiro atoms. The van der Waals surface area contributed by atoms with Gasteiger partial charge in [0.1, 0.15) is 12.2 Å². The summed E-state index contributed by atoms with van der Waals surface area (Å²) in [5.74, 6) is 2.54. The lowest BCUT2D eigenvalue weighted by Gasteiger charge is -2.23. The number of carbonyl (C=O) groups is 1. The first-order valence-electron chi connectivity index (χ1n) is 9.97. The summed E-state index contributed by atoms with van der Waals surface area (Å²) in [4.78, 5) is 21.3. The molecule has 1 aliphatic carbocycles. The second kappa shape index (κ2) is 7.82. The molecule has 2 aliphatic heterocycles. The van der Waals surface area contributed by atoms with Crippen LogP contribution in [0.1, 0.15) is 39.0 Å². The fourth-order valence-corrected chi connectivity index (χ4v) is 3.74. The number of rotatable bonds is 7. The molecule has 4 rings (SSSR count). The van der Waals surface area contributed by atoms with Crippen LogP contribution in [0.5, 0.6) is 5.75 Å². The average Bonchev–Trinajstić information content (AvgIpc) is 3.12. The van der Waals surface area contributed by atoms with Crippen molar-refractivity contribution in [1.29, 1.82) is 0 Å². The number of aromatic nitrogens is 1. The summed E-state index contributed by atoms with van der Waals surface area (Å²) in [6.45, 7) is 6.03. The van der Waals surface area contributed by atoms with Crippen molar-refractivity contribution in [2.75, 3.05) is 37.7 Å². The topological polar surface area (TPSA) is 54.9 Å². The van der Waals surface area contributed by atoms with E-state index in [-0.39, 0.29) is 18.1 Å². The van der Waals surface area contributed by atoms with Gasteiger partial charge in [-0.3, -0.25) is 4.79 Å². The number of ether oxygens (including phenoxy) is 2. The Morgan fingerprint density at radius 1 is 1.27 bits per heavy atom. The standard InChI is InChI=1S/C20H29N3O3/c1-15(25-14-16-6-7-16)20(24)23-12-8-17(13-23)26-18-5-4-9-21-19(18)22-10-2-3-11-22/h4-5,9,15-17H,2-3,6-8,10-14H2,1H3/t15-,17+/m1/s1. The largest absolute Gasteiger partial charge is 0.485 e. The lowest BCUT2D eigenvalue weighted by molar-refractivity contribution is -0.142. The van der Waals surface area contributed by atoms with Gasteiger partial charge in [0, 0.05) is 32.3 Å². The first kappa shape index (κ1) is 17.6. The molecule has 3 aliphatic rings. The molecule has 1 saturated carbocycles. The molecule has 0 bridgehead atoms. The Hall–Kier alpha value is -1.82. The van der Waals surface area contributed by atoms with Gasteiger partial charge in [0.2, 0.25) is 0 Å². The summed E-state index contributed by atoms with van der Waals surface area (Å²) in [7, 11) is 0. The van der Waals surface area contributed by atoms with Crippen molar-refractivity contribution >= 4 is 11.7 Å². The summed E-state index contributed by atoms with van der Waals surface area (Å²) in [6, 6.07) is 3.91. The van der Waals surface area contributed by atoms with Crippen LogP contribution in [0.15, 0.2) is 18.3 Å². The molecule has 26 heavy (non-hydrogen) atoms. The van der Waals surface area contributed by atoms with Crippen molar-refractivity contribution in [2.24, 2.45) is 5.92 Å². The molecule has 1 aromatic heterocycles. The smallest absolute Gasteiger partial charge is 0.251 e. The molecular weight excluding hydrogens is 330 g/mol. The molecule has 2 atom stereocenters. The number of anilines is 1. The van der Waals surface area contributed by atoms with Crippen LogP contribution >= 0.6 is 0 Å². The molecule has 0 aromatic carbocycles. The van der Waals surface area contributed by atoms with Crippen LogP contribution < -0.4 is 9.64 Å². The summed E-state index contributed by atoms with van der Waals surface area (Å²) in [5.41, 5.74) is 0. The minimum Gasteiger partial charge on any atom is -0.485 e. The van der Waals surface area contributed by atoms with Crippen molar-refractivity contribution in [3.63, 3.8) is 0 Å². The predicted molar refractivity (Wildman–Crippen MR) is 99.4 cm³/mol. The number of hydrogen-bond acceptors (Lipinski definition) is 5. The zero-order valence-electron chi connectivity index (χ0n) is 15.6. The molecule has 142 valence electrons. The Morgan fingerprint density at radius 2 is 2.08 bits per heavy atom. The van der Waals surface area contributed by atoms with Crippen LogP contribution in [0.4, 0.5) is 5.82 Å². The Bertz CT molecular complexity index is 628. The Labute approximate surface area is 155 Å². The second-order valence-electron chi connectivity index (χ2n) is 7.75. The zero-order valence-corrected chi connectivity index (χ0v) is 15.6. The molecule has 2 saturated heterocycles. The maximum absolute atomic E-state index is 12.6. The molecule has 3 fully saturated rings. The summed E-state index contributed by atoms with van der Waals surface area (Å²) in [6.07, 6.45) is 7.25. The molecule has 1 amide bonds. The number of amides is 1. The summed E-state index contributed by atoms with van der Waals surface area (Å²) < 4.78 is 12.0. The van der Waals surface area contributed by atoms with E-state index in [1.54, 1.807) is 0 Å². The molecule has 0 N–H and O–H groups in total. The van der Waals surface area contributed by atoms with Gasteiger partial charge < -0.3 is 19.3 Å². The van der Waals surface area contributed by atoms with Crippen LogP contribution in [0.2, 0.25) is 0 Å². The van der Waals surface area contributed by atoms with Crippen molar-refractivity contribution in [1.82, 2.24) is 9.88 Å². The Morgan fingerprint density at radius 3 is 2.85 bits per heavy atom. The summed E-state index contributed by atoms with van der Waals surface area (Å²) in [5, 5.41) is 0. The highest BCUT2D eigenvalue weighted by atomic mass is 16.5. The van der Waals surface area contributed by atoms with E-state index in [1.807, 2.05) is 30.2 Å². The molecular formula is C20H29N3O3. The van der Waals surface area contributed by atoms with Gasteiger partial charge in [-0.05, 0) is 50.7 Å². The van der Waals surface area contributed by atoms with Crippen LogP contribution in [0.3, 0.4) is 0 Å². The Balaban J connectivity index is 1.32. The lowest BCUT2D eigenvalue weighted by atomic mass is 10.3. The van der Waals surface area contributed by atoms with Crippen molar-refractivity contribution in [3.05, 3.63) is 18.3 Å². The van der Waals surface area contributed by atoms with Gasteiger partial charge in [0.05, 0.1) is 13.2 Å². The summed E-state index contributed by atoms with van der Waals surface area (Å²) >= 11 is 0. The van der Waals surface area contributed by atoms with E-state index in [2.05, 4.69) is 9.88 Å². The fourth-order valence-electron chi connectivity index (χ4n) is 3.74. The number of carbonyl (C=O) groups excluding carboxylic acids is 1. The van der Waals surface area contributed by atoms with Gasteiger partial charge in [-0.25, -0.2) is 4.98 Å². The molecule has 0 unspecified atom stereocenters. The quantitative estimate of drug-likeness (QED) is 0.749. The lowest BCUT2D eigenvalue weighted by Crippen LogP contribution is -2.39. The van der Waals surface area contributed by atoms with Gasteiger partial charge >= 0.3 is 0 Å². The van der Waals surface area contributed by atoms with Gasteiger partial charge in [0.15, 0.2) is 11.6 Å². The number of pyridine rings is 1. The van der Waals surface area contributed by atoms with Crippen LogP contribution in [-0.4, -0.2) is 60.8 Å². The van der Waals surface area contributed by atoms with E-state index in [0.717, 1.165) is 44.2 Å². The highest BCUT2D eigenvalue weighted by Crippen LogP contribution is 2.31. The first-order valence-corrected chi connectivity index (χ1v) is 9.97. The van der Waals surface area contributed by atoms with Gasteiger partial charge in [-0.1, -0.05) is 0 Å². The van der Waals surface area contributed by atoms with Crippen molar-refractivity contribution < 1.29 is 14.3 Å². The van der Waals surface area contributed by atoms with Gasteiger partial charge in [-0.2, -0.15) is 0 Å². The van der Waals surface area contributed by atoms with Gasteiger partial charge in [0.25, 0.3) is 5.91 Å². The second-order valence-corrected chi connectivity index (χ2v) is 7.75.